The molecule has 0 aliphatic rings. The van der Waals surface area contributed by atoms with Gasteiger partial charge in [0.15, 0.2) is 0 Å². The molecule has 0 aromatic carbocycles. The van der Waals surface area contributed by atoms with Crippen molar-refractivity contribution < 1.29 is 9.90 Å². The van der Waals surface area contributed by atoms with Gasteiger partial charge in [0.1, 0.15) is 0 Å². The minimum atomic E-state index is -0.910. The van der Waals surface area contributed by atoms with Crippen LogP contribution in [-0.2, 0) is 4.79 Å². The van der Waals surface area contributed by atoms with Gasteiger partial charge in [-0.1, -0.05) is 12.2 Å². The number of hydrogen-bond donors (Lipinski definition) is 1. The van der Waals surface area contributed by atoms with Crippen molar-refractivity contribution in [2.45, 2.75) is 6.42 Å². The molecule has 0 atom stereocenters. The van der Waals surface area contributed by atoms with Crippen LogP contribution in [0.2, 0.25) is 0 Å². The highest BCUT2D eigenvalue weighted by Crippen LogP contribution is 1.81. The fourth-order valence-corrected chi connectivity index (χ4v) is 0.265. The quantitative estimate of drug-likeness (QED) is 0.440. The van der Waals surface area contributed by atoms with E-state index in [0.29, 0.717) is 6.42 Å². The fourth-order valence-electron chi connectivity index (χ4n) is 0.265. The highest BCUT2D eigenvalue weighted by Gasteiger charge is 1.80. The summed E-state index contributed by atoms with van der Waals surface area (Å²) in [6.45, 7) is 3.41. The first-order valence-electron chi connectivity index (χ1n) is 2.27. The van der Waals surface area contributed by atoms with E-state index >= 15 is 0 Å². The van der Waals surface area contributed by atoms with Gasteiger partial charge in [-0.15, -0.1) is 6.58 Å². The van der Waals surface area contributed by atoms with Crippen LogP contribution < -0.4 is 0 Å². The summed E-state index contributed by atoms with van der Waals surface area (Å²) in [6.07, 6.45) is 4.89. The molecule has 0 aromatic rings. The number of carbonyl (C=O) groups is 1. The van der Waals surface area contributed by atoms with Crippen molar-refractivity contribution in [1.82, 2.24) is 0 Å². The van der Waals surface area contributed by atoms with Crippen molar-refractivity contribution in [1.29, 1.82) is 0 Å². The van der Waals surface area contributed by atoms with Gasteiger partial charge in [-0.25, -0.2) is 4.79 Å². The highest BCUT2D eigenvalue weighted by atomic mass is 16.4. The lowest BCUT2D eigenvalue weighted by atomic mass is 10.4. The molecule has 0 heterocycles. The van der Waals surface area contributed by atoms with Crippen LogP contribution in [0.15, 0.2) is 24.8 Å². The average molecular weight is 112 g/mol. The Labute approximate surface area is 48.1 Å². The maximum absolute atomic E-state index is 9.75. The van der Waals surface area contributed by atoms with Crippen LogP contribution >= 0.6 is 0 Å². The third kappa shape index (κ3) is 4.95. The first-order chi connectivity index (χ1) is 3.77. The summed E-state index contributed by atoms with van der Waals surface area (Å²) >= 11 is 0. The van der Waals surface area contributed by atoms with E-state index in [1.54, 1.807) is 6.08 Å². The second-order valence-electron chi connectivity index (χ2n) is 1.26. The maximum atomic E-state index is 9.75. The normalized spacial score (nSPS) is 9.50. The molecule has 44 valence electrons. The summed E-state index contributed by atoms with van der Waals surface area (Å²) < 4.78 is 0. The molecule has 8 heavy (non-hydrogen) atoms. The fraction of sp³-hybridized carbons (Fsp3) is 0.167. The minimum absolute atomic E-state index is 0.617. The molecular weight excluding hydrogens is 104 g/mol. The molecule has 0 spiro atoms. The summed E-state index contributed by atoms with van der Waals surface area (Å²) in [7, 11) is 0. The van der Waals surface area contributed by atoms with Gasteiger partial charge in [0, 0.05) is 6.08 Å². The molecule has 0 aromatic heterocycles. The Morgan fingerprint density at radius 3 is 2.75 bits per heavy atom. The van der Waals surface area contributed by atoms with Crippen molar-refractivity contribution in [2.75, 3.05) is 0 Å². The Hall–Kier alpha value is -1.05. The third-order valence-corrected chi connectivity index (χ3v) is 0.563. The van der Waals surface area contributed by atoms with E-state index in [1.165, 1.54) is 6.08 Å². The smallest absolute Gasteiger partial charge is 0.327 e. The number of carboxylic acid groups (broad SMARTS) is 1. The Balaban J connectivity index is 3.34. The number of aliphatic carboxylic acids is 1. The monoisotopic (exact) mass is 112 g/mol. The standard InChI is InChI=1S/C6H8O2/c1-2-3-4-5-6(7)8/h2,4-5H,1,3H2,(H,7,8). The zero-order valence-corrected chi connectivity index (χ0v) is 4.50. The number of carboxylic acids is 1. The van der Waals surface area contributed by atoms with Crippen LogP contribution in [0.4, 0.5) is 0 Å². The van der Waals surface area contributed by atoms with Crippen LogP contribution in [0.25, 0.3) is 0 Å². The van der Waals surface area contributed by atoms with E-state index in [-0.39, 0.29) is 0 Å². The number of rotatable bonds is 3. The lowest BCUT2D eigenvalue weighted by Crippen LogP contribution is -1.84. The molecule has 0 fully saturated rings. The van der Waals surface area contributed by atoms with Crippen molar-refractivity contribution in [2.24, 2.45) is 0 Å². The molecule has 0 saturated carbocycles. The van der Waals surface area contributed by atoms with Crippen molar-refractivity contribution in [3.8, 4) is 0 Å². The molecule has 0 aliphatic heterocycles. The summed E-state index contributed by atoms with van der Waals surface area (Å²) in [5, 5.41) is 8.02. The van der Waals surface area contributed by atoms with E-state index in [1.807, 2.05) is 0 Å². The van der Waals surface area contributed by atoms with Crippen LogP contribution in [0.1, 0.15) is 6.42 Å². The Kier molecular flexibility index (Phi) is 3.58. The largest absolute Gasteiger partial charge is 0.478 e. The van der Waals surface area contributed by atoms with Gasteiger partial charge in [-0.2, -0.15) is 0 Å². The highest BCUT2D eigenvalue weighted by molar-refractivity contribution is 5.79. The van der Waals surface area contributed by atoms with E-state index in [9.17, 15) is 4.79 Å². The maximum Gasteiger partial charge on any atom is 0.327 e. The molecule has 0 saturated heterocycles. The second kappa shape index (κ2) is 4.12. The van der Waals surface area contributed by atoms with E-state index < -0.39 is 5.97 Å². The lowest BCUT2D eigenvalue weighted by molar-refractivity contribution is -0.131. The average Bonchev–Trinajstić information content (AvgIpc) is 1.66. The molecule has 0 radical (unpaired) electrons. The van der Waals surface area contributed by atoms with Gasteiger partial charge in [-0.05, 0) is 6.42 Å². The topological polar surface area (TPSA) is 37.3 Å². The number of allylic oxidation sites excluding steroid dienone is 2. The summed E-state index contributed by atoms with van der Waals surface area (Å²) in [5.41, 5.74) is 0. The molecule has 2 nitrogen and oxygen atoms in total. The molecule has 0 aliphatic carbocycles. The molecule has 1 N–H and O–H groups in total. The van der Waals surface area contributed by atoms with Crippen molar-refractivity contribution >= 4 is 5.97 Å². The molecule has 0 unspecified atom stereocenters. The van der Waals surface area contributed by atoms with Crippen molar-refractivity contribution in [3.63, 3.8) is 0 Å². The molecular formula is C6H8O2. The predicted octanol–water partition coefficient (Wildman–Crippen LogP) is 1.20. The van der Waals surface area contributed by atoms with Crippen LogP contribution in [0.5, 0.6) is 0 Å². The lowest BCUT2D eigenvalue weighted by Gasteiger charge is -1.75. The molecule has 0 rings (SSSR count). The van der Waals surface area contributed by atoms with E-state index in [2.05, 4.69) is 6.58 Å². The Morgan fingerprint density at radius 2 is 2.38 bits per heavy atom. The second-order valence-corrected chi connectivity index (χ2v) is 1.26. The third-order valence-electron chi connectivity index (χ3n) is 0.563. The van der Waals surface area contributed by atoms with Gasteiger partial charge in [0.05, 0.1) is 0 Å². The van der Waals surface area contributed by atoms with Crippen molar-refractivity contribution in [3.05, 3.63) is 24.8 Å². The van der Waals surface area contributed by atoms with Gasteiger partial charge in [-0.3, -0.25) is 0 Å². The SMILES string of the molecule is C=CCC=CC(=O)O. The van der Waals surface area contributed by atoms with Gasteiger partial charge >= 0.3 is 5.97 Å². The molecule has 0 amide bonds. The van der Waals surface area contributed by atoms with Gasteiger partial charge in [0.25, 0.3) is 0 Å². The minimum Gasteiger partial charge on any atom is -0.478 e. The van der Waals surface area contributed by atoms with Crippen LogP contribution in [0.3, 0.4) is 0 Å². The van der Waals surface area contributed by atoms with Gasteiger partial charge < -0.3 is 5.11 Å². The van der Waals surface area contributed by atoms with E-state index in [0.717, 1.165) is 6.08 Å². The Bertz CT molecular complexity index is 114. The first kappa shape index (κ1) is 6.95. The predicted molar refractivity (Wildman–Crippen MR) is 31.6 cm³/mol. The van der Waals surface area contributed by atoms with E-state index in [4.69, 9.17) is 5.11 Å². The zero-order valence-electron chi connectivity index (χ0n) is 4.50. The molecule has 2 heteroatoms. The summed E-state index contributed by atoms with van der Waals surface area (Å²) in [5.74, 6) is -0.910. The Morgan fingerprint density at radius 1 is 1.75 bits per heavy atom. The first-order valence-corrected chi connectivity index (χ1v) is 2.27. The zero-order chi connectivity index (χ0) is 6.41. The summed E-state index contributed by atoms with van der Waals surface area (Å²) in [6, 6.07) is 0. The number of hydrogen-bond acceptors (Lipinski definition) is 1. The van der Waals surface area contributed by atoms with Crippen LogP contribution in [0, 0.1) is 0 Å². The molecule has 0 bridgehead atoms. The van der Waals surface area contributed by atoms with Gasteiger partial charge in [0.2, 0.25) is 0 Å². The summed E-state index contributed by atoms with van der Waals surface area (Å²) in [4.78, 5) is 9.75. The van der Waals surface area contributed by atoms with Crippen LogP contribution in [-0.4, -0.2) is 11.1 Å².